The van der Waals surface area contributed by atoms with E-state index in [9.17, 15) is 9.18 Å². The average molecular weight is 165 g/mol. The van der Waals surface area contributed by atoms with E-state index in [1.165, 1.54) is 0 Å². The molecule has 1 aromatic carbocycles. The van der Waals surface area contributed by atoms with E-state index >= 15 is 0 Å². The number of benzene rings is 1. The zero-order chi connectivity index (χ0) is 9.14. The first-order chi connectivity index (χ1) is 5.69. The molecule has 0 fully saturated rings. The number of halogens is 1. The molecule has 0 aliphatic rings. The van der Waals surface area contributed by atoms with Crippen LogP contribution in [0, 0.1) is 17.1 Å². The van der Waals surface area contributed by atoms with Crippen LogP contribution in [0.3, 0.4) is 0 Å². The third-order valence-corrected chi connectivity index (χ3v) is 1.35. The molecule has 0 aromatic heterocycles. The molecule has 1 aromatic rings. The molecule has 0 aliphatic carbocycles. The van der Waals surface area contributed by atoms with Gasteiger partial charge in [-0.3, -0.25) is 4.79 Å². The number of carbonyl (C=O) groups excluding carboxylic acids is 1. The van der Waals surface area contributed by atoms with Gasteiger partial charge in [0.1, 0.15) is 17.6 Å². The second-order valence-corrected chi connectivity index (χ2v) is 2.12. The summed E-state index contributed by atoms with van der Waals surface area (Å²) in [5, 5.41) is 17.5. The third kappa shape index (κ3) is 1.25. The lowest BCUT2D eigenvalue weighted by atomic mass is 10.1. The highest BCUT2D eigenvalue weighted by molar-refractivity contribution is 5.80. The molecule has 0 spiro atoms. The highest BCUT2D eigenvalue weighted by Gasteiger charge is 2.08. The molecular weight excluding hydrogens is 161 g/mol. The first kappa shape index (κ1) is 8.21. The third-order valence-electron chi connectivity index (χ3n) is 1.35. The Hall–Kier alpha value is -1.89. The van der Waals surface area contributed by atoms with Gasteiger partial charge in [-0.2, -0.15) is 5.26 Å². The van der Waals surface area contributed by atoms with Crippen LogP contribution in [0.4, 0.5) is 4.39 Å². The number of nitriles is 1. The molecule has 3 nitrogen and oxygen atoms in total. The summed E-state index contributed by atoms with van der Waals surface area (Å²) in [6.07, 6.45) is 0.291. The Morgan fingerprint density at radius 2 is 2.25 bits per heavy atom. The maximum atomic E-state index is 12.6. The molecule has 0 saturated heterocycles. The van der Waals surface area contributed by atoms with Crippen LogP contribution < -0.4 is 0 Å². The van der Waals surface area contributed by atoms with Crippen LogP contribution in [0.5, 0.6) is 5.75 Å². The Bertz CT molecular complexity index is 368. The molecule has 0 amide bonds. The standard InChI is InChI=1S/C8H4FNO2/c9-7-1-5(3-10)8(12)6(2-7)4-11/h1-2,4,12H. The lowest BCUT2D eigenvalue weighted by Gasteiger charge is -1.98. The van der Waals surface area contributed by atoms with E-state index in [0.29, 0.717) is 6.29 Å². The fourth-order valence-corrected chi connectivity index (χ4v) is 0.795. The Morgan fingerprint density at radius 3 is 2.75 bits per heavy atom. The fraction of sp³-hybridized carbons (Fsp3) is 0. The van der Waals surface area contributed by atoms with Crippen LogP contribution in [0.1, 0.15) is 15.9 Å². The van der Waals surface area contributed by atoms with Crippen LogP contribution in [0.2, 0.25) is 0 Å². The minimum Gasteiger partial charge on any atom is -0.506 e. The number of rotatable bonds is 1. The van der Waals surface area contributed by atoms with Crippen LogP contribution in [-0.2, 0) is 0 Å². The largest absolute Gasteiger partial charge is 0.506 e. The SMILES string of the molecule is N#Cc1cc(F)cc(C=O)c1O. The van der Waals surface area contributed by atoms with Gasteiger partial charge in [0.25, 0.3) is 0 Å². The van der Waals surface area contributed by atoms with Crippen molar-refractivity contribution in [3.8, 4) is 11.8 Å². The second kappa shape index (κ2) is 3.01. The van der Waals surface area contributed by atoms with E-state index in [4.69, 9.17) is 10.4 Å². The summed E-state index contributed by atoms with van der Waals surface area (Å²) in [6, 6.07) is 3.29. The van der Waals surface area contributed by atoms with Crippen molar-refractivity contribution in [2.24, 2.45) is 0 Å². The molecular formula is C8H4FNO2. The molecule has 1 rings (SSSR count). The molecule has 0 radical (unpaired) electrons. The maximum Gasteiger partial charge on any atom is 0.153 e. The number of carbonyl (C=O) groups is 1. The van der Waals surface area contributed by atoms with Gasteiger partial charge < -0.3 is 5.11 Å². The van der Waals surface area contributed by atoms with Crippen molar-refractivity contribution in [2.45, 2.75) is 0 Å². The van der Waals surface area contributed by atoms with Crippen molar-refractivity contribution in [2.75, 3.05) is 0 Å². The molecule has 0 saturated carbocycles. The summed E-state index contributed by atoms with van der Waals surface area (Å²) in [4.78, 5) is 10.2. The van der Waals surface area contributed by atoms with Gasteiger partial charge in [-0.15, -0.1) is 0 Å². The number of hydrogen-bond acceptors (Lipinski definition) is 3. The van der Waals surface area contributed by atoms with Gasteiger partial charge in [-0.25, -0.2) is 4.39 Å². The number of aldehydes is 1. The smallest absolute Gasteiger partial charge is 0.153 e. The maximum absolute atomic E-state index is 12.6. The molecule has 0 bridgehead atoms. The van der Waals surface area contributed by atoms with Crippen molar-refractivity contribution in [1.29, 1.82) is 5.26 Å². The van der Waals surface area contributed by atoms with Crippen LogP contribution in [0.25, 0.3) is 0 Å². The second-order valence-electron chi connectivity index (χ2n) is 2.12. The number of phenolic OH excluding ortho intramolecular Hbond substituents is 1. The van der Waals surface area contributed by atoms with Crippen molar-refractivity contribution in [1.82, 2.24) is 0 Å². The Balaban J connectivity index is 3.44. The summed E-state index contributed by atoms with van der Waals surface area (Å²) in [6.45, 7) is 0. The topological polar surface area (TPSA) is 61.1 Å². The van der Waals surface area contributed by atoms with Gasteiger partial charge in [0, 0.05) is 0 Å². The minimum absolute atomic E-state index is 0.216. The van der Waals surface area contributed by atoms with E-state index in [2.05, 4.69) is 0 Å². The van der Waals surface area contributed by atoms with Crippen LogP contribution in [-0.4, -0.2) is 11.4 Å². The summed E-state index contributed by atoms with van der Waals surface area (Å²) in [5.74, 6) is -1.19. The van der Waals surface area contributed by atoms with Gasteiger partial charge in [-0.05, 0) is 12.1 Å². The number of aromatic hydroxyl groups is 1. The minimum atomic E-state index is -0.716. The first-order valence-corrected chi connectivity index (χ1v) is 3.07. The van der Waals surface area contributed by atoms with Crippen LogP contribution >= 0.6 is 0 Å². The normalized spacial score (nSPS) is 9.00. The van der Waals surface area contributed by atoms with Gasteiger partial charge in [0.05, 0.1) is 11.1 Å². The predicted molar refractivity (Wildman–Crippen MR) is 38.2 cm³/mol. The lowest BCUT2D eigenvalue weighted by Crippen LogP contribution is -1.88. The lowest BCUT2D eigenvalue weighted by molar-refractivity contribution is 0.112. The zero-order valence-electron chi connectivity index (χ0n) is 5.91. The van der Waals surface area contributed by atoms with E-state index in [0.717, 1.165) is 12.1 Å². The predicted octanol–water partition coefficient (Wildman–Crippen LogP) is 1.22. The van der Waals surface area contributed by atoms with Crippen molar-refractivity contribution in [3.05, 3.63) is 29.1 Å². The molecule has 0 atom stereocenters. The molecule has 4 heteroatoms. The van der Waals surface area contributed by atoms with Crippen LogP contribution in [0.15, 0.2) is 12.1 Å². The van der Waals surface area contributed by atoms with Crippen molar-refractivity contribution >= 4 is 6.29 Å². The summed E-state index contributed by atoms with van der Waals surface area (Å²) < 4.78 is 12.6. The summed E-state index contributed by atoms with van der Waals surface area (Å²) in [5.41, 5.74) is -0.455. The fourth-order valence-electron chi connectivity index (χ4n) is 0.795. The van der Waals surface area contributed by atoms with Gasteiger partial charge in [0.15, 0.2) is 6.29 Å². The van der Waals surface area contributed by atoms with Gasteiger partial charge >= 0.3 is 0 Å². The highest BCUT2D eigenvalue weighted by Crippen LogP contribution is 2.21. The molecule has 0 heterocycles. The molecule has 1 N–H and O–H groups in total. The first-order valence-electron chi connectivity index (χ1n) is 3.07. The Morgan fingerprint density at radius 1 is 1.58 bits per heavy atom. The van der Waals surface area contributed by atoms with Crippen molar-refractivity contribution < 1.29 is 14.3 Å². The number of phenols is 1. The van der Waals surface area contributed by atoms with Gasteiger partial charge in [-0.1, -0.05) is 0 Å². The average Bonchev–Trinajstić information content (AvgIpc) is 2.08. The number of hydrogen-bond donors (Lipinski definition) is 1. The molecule has 0 unspecified atom stereocenters. The van der Waals surface area contributed by atoms with Gasteiger partial charge in [0.2, 0.25) is 0 Å². The molecule has 12 heavy (non-hydrogen) atoms. The quantitative estimate of drug-likeness (QED) is 0.636. The van der Waals surface area contributed by atoms with E-state index in [1.54, 1.807) is 6.07 Å². The molecule has 0 aliphatic heterocycles. The summed E-state index contributed by atoms with van der Waals surface area (Å²) in [7, 11) is 0. The Labute approximate surface area is 67.7 Å². The Kier molecular flexibility index (Phi) is 2.06. The molecule has 60 valence electrons. The van der Waals surface area contributed by atoms with Crippen molar-refractivity contribution in [3.63, 3.8) is 0 Å². The highest BCUT2D eigenvalue weighted by atomic mass is 19.1. The van der Waals surface area contributed by atoms with E-state index in [-0.39, 0.29) is 11.1 Å². The van der Waals surface area contributed by atoms with E-state index < -0.39 is 11.6 Å². The number of nitrogens with zero attached hydrogens (tertiary/aromatic N) is 1. The van der Waals surface area contributed by atoms with E-state index in [1.807, 2.05) is 0 Å². The zero-order valence-corrected chi connectivity index (χ0v) is 5.91. The summed E-state index contributed by atoms with van der Waals surface area (Å²) >= 11 is 0. The monoisotopic (exact) mass is 165 g/mol.